The number of hydrogen-bond donors (Lipinski definition) is 2. The minimum absolute atomic E-state index is 0.202. The fourth-order valence-corrected chi connectivity index (χ4v) is 3.88. The first-order valence-corrected chi connectivity index (χ1v) is 8.74. The molecule has 2 N–H and O–H groups in total. The van der Waals surface area contributed by atoms with Gasteiger partial charge >= 0.3 is 0 Å². The van der Waals surface area contributed by atoms with E-state index in [1.807, 2.05) is 12.1 Å². The van der Waals surface area contributed by atoms with Gasteiger partial charge in [-0.3, -0.25) is 4.79 Å². The summed E-state index contributed by atoms with van der Waals surface area (Å²) in [6.45, 7) is 0.202. The number of thioether (sulfide) groups is 1. The van der Waals surface area contributed by atoms with Crippen molar-refractivity contribution in [1.29, 1.82) is 0 Å². The highest BCUT2D eigenvalue weighted by atomic mass is 32.2. The van der Waals surface area contributed by atoms with Gasteiger partial charge in [0.1, 0.15) is 5.82 Å². The molecule has 0 spiro atoms. The van der Waals surface area contributed by atoms with Gasteiger partial charge in [-0.05, 0) is 54.7 Å². The van der Waals surface area contributed by atoms with Gasteiger partial charge in [-0.1, -0.05) is 0 Å². The summed E-state index contributed by atoms with van der Waals surface area (Å²) < 4.78 is 15.8. The van der Waals surface area contributed by atoms with Crippen molar-refractivity contribution in [1.82, 2.24) is 9.88 Å². The zero-order chi connectivity index (χ0) is 16.3. The number of halogens is 1. The number of carbonyl (C=O) groups is 1. The standard InChI is InChI=1S/C17H19FN2O2S/c18-14-11-13(3-4-15(14)20-7-1-2-8-20)16(21)19-12-17(22)5-9-23-10-6-17/h1-4,7-8,11,22H,5-6,9-10,12H2,(H,19,21). The Kier molecular flexibility index (Phi) is 4.73. The second-order valence-corrected chi connectivity index (χ2v) is 7.00. The van der Waals surface area contributed by atoms with Crippen molar-refractivity contribution in [3.05, 3.63) is 54.1 Å². The summed E-state index contributed by atoms with van der Waals surface area (Å²) in [6, 6.07) is 8.02. The minimum atomic E-state index is -0.843. The quantitative estimate of drug-likeness (QED) is 0.904. The van der Waals surface area contributed by atoms with E-state index < -0.39 is 11.4 Å². The van der Waals surface area contributed by atoms with Gasteiger partial charge in [-0.15, -0.1) is 0 Å². The van der Waals surface area contributed by atoms with Gasteiger partial charge in [-0.2, -0.15) is 11.8 Å². The highest BCUT2D eigenvalue weighted by Gasteiger charge is 2.29. The van der Waals surface area contributed by atoms with E-state index in [2.05, 4.69) is 5.32 Å². The summed E-state index contributed by atoms with van der Waals surface area (Å²) in [5, 5.41) is 13.1. The lowest BCUT2D eigenvalue weighted by Gasteiger charge is -2.31. The van der Waals surface area contributed by atoms with Gasteiger partial charge in [0.25, 0.3) is 5.91 Å². The van der Waals surface area contributed by atoms with E-state index in [0.29, 0.717) is 18.5 Å². The molecule has 1 aromatic heterocycles. The molecule has 1 saturated heterocycles. The third kappa shape index (κ3) is 3.76. The Balaban J connectivity index is 1.67. The van der Waals surface area contributed by atoms with Crippen molar-refractivity contribution in [2.24, 2.45) is 0 Å². The highest BCUT2D eigenvalue weighted by Crippen LogP contribution is 2.26. The van der Waals surface area contributed by atoms with Crippen LogP contribution in [0.25, 0.3) is 5.69 Å². The normalized spacial score (nSPS) is 17.0. The molecule has 122 valence electrons. The summed E-state index contributed by atoms with van der Waals surface area (Å²) in [7, 11) is 0. The lowest BCUT2D eigenvalue weighted by Crippen LogP contribution is -2.45. The summed E-state index contributed by atoms with van der Waals surface area (Å²) >= 11 is 1.81. The largest absolute Gasteiger partial charge is 0.388 e. The third-order valence-corrected chi connectivity index (χ3v) is 5.08. The number of nitrogens with one attached hydrogen (secondary N) is 1. The van der Waals surface area contributed by atoms with E-state index in [0.717, 1.165) is 11.5 Å². The lowest BCUT2D eigenvalue weighted by atomic mass is 9.97. The Morgan fingerprint density at radius 3 is 2.65 bits per heavy atom. The van der Waals surface area contributed by atoms with Crippen LogP contribution >= 0.6 is 11.8 Å². The molecule has 0 unspecified atom stereocenters. The number of carbonyl (C=O) groups excluding carboxylic acids is 1. The maximum absolute atomic E-state index is 14.2. The van der Waals surface area contributed by atoms with Gasteiger partial charge in [0.15, 0.2) is 0 Å². The van der Waals surface area contributed by atoms with Crippen LogP contribution in [0, 0.1) is 5.82 Å². The fourth-order valence-electron chi connectivity index (χ4n) is 2.63. The molecule has 0 bridgehead atoms. The van der Waals surface area contributed by atoms with Crippen LogP contribution < -0.4 is 5.32 Å². The molecular weight excluding hydrogens is 315 g/mol. The first-order valence-electron chi connectivity index (χ1n) is 7.59. The van der Waals surface area contributed by atoms with Crippen LogP contribution in [0.1, 0.15) is 23.2 Å². The van der Waals surface area contributed by atoms with Crippen molar-refractivity contribution < 1.29 is 14.3 Å². The summed E-state index contributed by atoms with van der Waals surface area (Å²) in [5.41, 5.74) is -0.188. The molecule has 4 nitrogen and oxygen atoms in total. The Morgan fingerprint density at radius 1 is 1.30 bits per heavy atom. The average molecular weight is 334 g/mol. The molecular formula is C17H19FN2O2S. The van der Waals surface area contributed by atoms with E-state index in [-0.39, 0.29) is 18.0 Å². The molecule has 2 aromatic rings. The molecule has 6 heteroatoms. The lowest BCUT2D eigenvalue weighted by molar-refractivity contribution is 0.0311. The summed E-state index contributed by atoms with van der Waals surface area (Å²) in [5.74, 6) is 0.968. The Morgan fingerprint density at radius 2 is 2.00 bits per heavy atom. The van der Waals surface area contributed by atoms with Gasteiger partial charge in [0.2, 0.25) is 0 Å². The van der Waals surface area contributed by atoms with Gasteiger partial charge < -0.3 is 15.0 Å². The molecule has 1 amide bonds. The highest BCUT2D eigenvalue weighted by molar-refractivity contribution is 7.99. The van der Waals surface area contributed by atoms with Crippen molar-refractivity contribution in [3.63, 3.8) is 0 Å². The Bertz CT molecular complexity index is 682. The van der Waals surface area contributed by atoms with E-state index in [1.54, 1.807) is 40.9 Å². The minimum Gasteiger partial charge on any atom is -0.388 e. The van der Waals surface area contributed by atoms with Crippen LogP contribution in [0.5, 0.6) is 0 Å². The molecule has 0 atom stereocenters. The first-order chi connectivity index (χ1) is 11.1. The Hall–Kier alpha value is -1.79. The molecule has 1 aliphatic rings. The molecule has 1 fully saturated rings. The number of benzene rings is 1. The summed E-state index contributed by atoms with van der Waals surface area (Å²) in [4.78, 5) is 12.2. The average Bonchev–Trinajstić information content (AvgIpc) is 3.07. The Labute approximate surface area is 138 Å². The molecule has 2 heterocycles. The maximum Gasteiger partial charge on any atom is 0.251 e. The topological polar surface area (TPSA) is 54.3 Å². The first kappa shape index (κ1) is 16.1. The zero-order valence-corrected chi connectivity index (χ0v) is 13.5. The zero-order valence-electron chi connectivity index (χ0n) is 12.7. The molecule has 0 aliphatic carbocycles. The molecule has 1 aromatic carbocycles. The van der Waals surface area contributed by atoms with Crippen LogP contribution in [0.3, 0.4) is 0 Å². The molecule has 3 rings (SSSR count). The summed E-state index contributed by atoms with van der Waals surface area (Å²) in [6.07, 6.45) is 4.82. The predicted molar refractivity (Wildman–Crippen MR) is 89.6 cm³/mol. The predicted octanol–water partition coefficient (Wildman–Crippen LogP) is 2.60. The fraction of sp³-hybridized carbons (Fsp3) is 0.353. The van der Waals surface area contributed by atoms with Crippen LogP contribution in [0.2, 0.25) is 0 Å². The van der Waals surface area contributed by atoms with Crippen LogP contribution in [0.15, 0.2) is 42.7 Å². The molecule has 1 aliphatic heterocycles. The van der Waals surface area contributed by atoms with E-state index in [1.165, 1.54) is 6.07 Å². The van der Waals surface area contributed by atoms with Crippen LogP contribution in [0.4, 0.5) is 4.39 Å². The number of aliphatic hydroxyl groups is 1. The van der Waals surface area contributed by atoms with Crippen molar-refractivity contribution >= 4 is 17.7 Å². The van der Waals surface area contributed by atoms with E-state index >= 15 is 0 Å². The molecule has 0 radical (unpaired) electrons. The second-order valence-electron chi connectivity index (χ2n) is 5.78. The number of hydrogen-bond acceptors (Lipinski definition) is 3. The smallest absolute Gasteiger partial charge is 0.251 e. The van der Waals surface area contributed by atoms with Crippen molar-refractivity contribution in [3.8, 4) is 5.69 Å². The monoisotopic (exact) mass is 334 g/mol. The number of aromatic nitrogens is 1. The molecule has 0 saturated carbocycles. The van der Waals surface area contributed by atoms with Crippen molar-refractivity contribution in [2.75, 3.05) is 18.1 Å². The van der Waals surface area contributed by atoms with Gasteiger partial charge in [0, 0.05) is 24.5 Å². The number of rotatable bonds is 4. The third-order valence-electron chi connectivity index (χ3n) is 4.09. The second kappa shape index (κ2) is 6.76. The van der Waals surface area contributed by atoms with E-state index in [4.69, 9.17) is 0 Å². The van der Waals surface area contributed by atoms with Crippen LogP contribution in [-0.2, 0) is 0 Å². The maximum atomic E-state index is 14.2. The number of nitrogens with zero attached hydrogens (tertiary/aromatic N) is 1. The SMILES string of the molecule is O=C(NCC1(O)CCSCC1)c1ccc(-n2cccc2)c(F)c1. The van der Waals surface area contributed by atoms with Gasteiger partial charge in [0.05, 0.1) is 11.3 Å². The van der Waals surface area contributed by atoms with E-state index in [9.17, 15) is 14.3 Å². The number of amides is 1. The van der Waals surface area contributed by atoms with Crippen LogP contribution in [-0.4, -0.2) is 39.2 Å². The van der Waals surface area contributed by atoms with Crippen molar-refractivity contribution in [2.45, 2.75) is 18.4 Å². The van der Waals surface area contributed by atoms with Gasteiger partial charge in [-0.25, -0.2) is 4.39 Å². The molecule has 23 heavy (non-hydrogen) atoms.